The molecule has 0 bridgehead atoms. The van der Waals surface area contributed by atoms with Crippen molar-refractivity contribution in [1.82, 2.24) is 9.88 Å². The van der Waals surface area contributed by atoms with Crippen molar-refractivity contribution in [2.45, 2.75) is 60.0 Å². The van der Waals surface area contributed by atoms with Crippen LogP contribution in [0.15, 0.2) is 11.6 Å². The van der Waals surface area contributed by atoms with E-state index >= 15 is 0 Å². The molecule has 0 aromatic carbocycles. The molecule has 6 heteroatoms. The number of nitrogens with zero attached hydrogens (tertiary/aromatic N) is 2. The first kappa shape index (κ1) is 20.8. The number of ether oxygens (including phenoxy) is 1. The van der Waals surface area contributed by atoms with Crippen LogP contribution in [0.5, 0.6) is 0 Å². The Kier molecular flexibility index (Phi) is 6.84. The Morgan fingerprint density at radius 3 is 2.59 bits per heavy atom. The van der Waals surface area contributed by atoms with Gasteiger partial charge in [0.1, 0.15) is 11.6 Å². The molecule has 1 amide bonds. The van der Waals surface area contributed by atoms with Crippen molar-refractivity contribution >= 4 is 18.0 Å². The van der Waals surface area contributed by atoms with Gasteiger partial charge < -0.3 is 14.6 Å². The number of esters is 1. The molecule has 1 atom stereocenters. The largest absolute Gasteiger partial charge is 0.451 e. The number of amides is 1. The number of nitrogens with one attached hydrogen (secondary N) is 1. The fourth-order valence-corrected chi connectivity index (χ4v) is 3.13. The van der Waals surface area contributed by atoms with E-state index in [9.17, 15) is 14.9 Å². The molecule has 6 nitrogen and oxygen atoms in total. The molecule has 1 fully saturated rings. The standard InChI is InChI=1S/C21H29N3O3/c1-13(2)11-24-14(3)8-18(16(24)5)9-19(10-22)21(26)27-12-20(25)23-15(4)17-6-7-17/h8-9,13,15,17H,6-7,11-12H2,1-5H3,(H,23,25)/b19-9+/t15-/m0/s1. The topological polar surface area (TPSA) is 84.1 Å². The normalized spacial score (nSPS) is 15.4. The monoisotopic (exact) mass is 371 g/mol. The first-order valence-electron chi connectivity index (χ1n) is 9.48. The van der Waals surface area contributed by atoms with Crippen molar-refractivity contribution in [3.63, 3.8) is 0 Å². The molecule has 0 saturated heterocycles. The minimum absolute atomic E-state index is 0.0912. The van der Waals surface area contributed by atoms with E-state index < -0.39 is 5.97 Å². The summed E-state index contributed by atoms with van der Waals surface area (Å²) in [5, 5.41) is 12.2. The van der Waals surface area contributed by atoms with Crippen LogP contribution in [0.4, 0.5) is 0 Å². The van der Waals surface area contributed by atoms with Crippen LogP contribution in [0.1, 0.15) is 50.6 Å². The van der Waals surface area contributed by atoms with E-state index in [1.807, 2.05) is 32.9 Å². The number of rotatable bonds is 8. The molecule has 1 heterocycles. The number of nitriles is 1. The van der Waals surface area contributed by atoms with Crippen molar-refractivity contribution in [1.29, 1.82) is 5.26 Å². The molecule has 1 N–H and O–H groups in total. The first-order chi connectivity index (χ1) is 12.7. The van der Waals surface area contributed by atoms with Gasteiger partial charge in [-0.25, -0.2) is 4.79 Å². The fraction of sp³-hybridized carbons (Fsp3) is 0.571. The summed E-state index contributed by atoms with van der Waals surface area (Å²) in [6.07, 6.45) is 3.78. The molecule has 0 aliphatic heterocycles. The summed E-state index contributed by atoms with van der Waals surface area (Å²) in [6, 6.07) is 3.93. The first-order valence-corrected chi connectivity index (χ1v) is 9.48. The van der Waals surface area contributed by atoms with Gasteiger partial charge in [0.05, 0.1) is 0 Å². The Morgan fingerprint density at radius 1 is 1.37 bits per heavy atom. The summed E-state index contributed by atoms with van der Waals surface area (Å²) in [5.74, 6) is -0.0978. The minimum atomic E-state index is -0.777. The highest BCUT2D eigenvalue weighted by Crippen LogP contribution is 2.32. The molecule has 2 rings (SSSR count). The lowest BCUT2D eigenvalue weighted by Gasteiger charge is -2.12. The third-order valence-corrected chi connectivity index (χ3v) is 4.85. The lowest BCUT2D eigenvalue weighted by molar-refractivity contribution is -0.144. The van der Waals surface area contributed by atoms with Gasteiger partial charge >= 0.3 is 5.97 Å². The number of aromatic nitrogens is 1. The summed E-state index contributed by atoms with van der Waals surface area (Å²) in [6.45, 7) is 10.7. The summed E-state index contributed by atoms with van der Waals surface area (Å²) < 4.78 is 7.19. The van der Waals surface area contributed by atoms with Gasteiger partial charge in [-0.3, -0.25) is 4.79 Å². The van der Waals surface area contributed by atoms with Gasteiger partial charge in [0.2, 0.25) is 0 Å². The molecule has 1 aliphatic rings. The Morgan fingerprint density at radius 2 is 2.04 bits per heavy atom. The second kappa shape index (κ2) is 8.90. The van der Waals surface area contributed by atoms with Gasteiger partial charge in [-0.15, -0.1) is 0 Å². The van der Waals surface area contributed by atoms with Crippen LogP contribution in [0.3, 0.4) is 0 Å². The van der Waals surface area contributed by atoms with Crippen molar-refractivity contribution in [3.05, 3.63) is 28.6 Å². The lowest BCUT2D eigenvalue weighted by atomic mass is 10.1. The molecule has 1 aromatic heterocycles. The van der Waals surface area contributed by atoms with E-state index in [0.717, 1.165) is 36.3 Å². The fourth-order valence-electron chi connectivity index (χ4n) is 3.13. The average molecular weight is 371 g/mol. The van der Waals surface area contributed by atoms with E-state index in [2.05, 4.69) is 23.7 Å². The molecule has 0 radical (unpaired) electrons. The van der Waals surface area contributed by atoms with Crippen LogP contribution in [0, 0.1) is 37.0 Å². The van der Waals surface area contributed by atoms with E-state index in [1.165, 1.54) is 6.08 Å². The summed E-state index contributed by atoms with van der Waals surface area (Å²) >= 11 is 0. The third kappa shape index (κ3) is 5.72. The lowest BCUT2D eigenvalue weighted by Crippen LogP contribution is -2.37. The van der Waals surface area contributed by atoms with Crippen LogP contribution in [-0.2, 0) is 20.9 Å². The van der Waals surface area contributed by atoms with Crippen LogP contribution >= 0.6 is 0 Å². The Bertz CT molecular complexity index is 779. The van der Waals surface area contributed by atoms with Crippen molar-refractivity contribution < 1.29 is 14.3 Å². The van der Waals surface area contributed by atoms with Crippen molar-refractivity contribution in [3.8, 4) is 6.07 Å². The Balaban J connectivity index is 2.01. The van der Waals surface area contributed by atoms with Crippen molar-refractivity contribution in [2.24, 2.45) is 11.8 Å². The molecule has 27 heavy (non-hydrogen) atoms. The number of hydrogen-bond acceptors (Lipinski definition) is 4. The van der Waals surface area contributed by atoms with Crippen LogP contribution in [-0.4, -0.2) is 29.1 Å². The zero-order valence-electron chi connectivity index (χ0n) is 16.8. The SMILES string of the molecule is Cc1cc(/C=C(\C#N)C(=O)OCC(=O)N[C@@H](C)C2CC2)c(C)n1CC(C)C. The molecular weight excluding hydrogens is 342 g/mol. The summed E-state index contributed by atoms with van der Waals surface area (Å²) in [7, 11) is 0. The molecule has 146 valence electrons. The van der Waals surface area contributed by atoms with Gasteiger partial charge in [0, 0.05) is 24.0 Å². The molecule has 0 unspecified atom stereocenters. The Hall–Kier alpha value is -2.55. The van der Waals surface area contributed by atoms with E-state index in [1.54, 1.807) is 0 Å². The van der Waals surface area contributed by atoms with Gasteiger partial charge in [-0.2, -0.15) is 5.26 Å². The maximum atomic E-state index is 12.2. The molecule has 0 spiro atoms. The summed E-state index contributed by atoms with van der Waals surface area (Å²) in [4.78, 5) is 24.1. The quantitative estimate of drug-likeness (QED) is 0.432. The maximum Gasteiger partial charge on any atom is 0.349 e. The zero-order chi connectivity index (χ0) is 20.1. The highest BCUT2D eigenvalue weighted by Gasteiger charge is 2.29. The highest BCUT2D eigenvalue weighted by atomic mass is 16.5. The van der Waals surface area contributed by atoms with Gasteiger partial charge in [-0.1, -0.05) is 13.8 Å². The molecular formula is C21H29N3O3. The number of carbonyl (C=O) groups is 2. The van der Waals surface area contributed by atoms with Gasteiger partial charge in [0.15, 0.2) is 6.61 Å². The average Bonchev–Trinajstić information content (AvgIpc) is 3.41. The van der Waals surface area contributed by atoms with Gasteiger partial charge in [0.25, 0.3) is 5.91 Å². The maximum absolute atomic E-state index is 12.2. The number of hydrogen-bond donors (Lipinski definition) is 1. The summed E-state index contributed by atoms with van der Waals surface area (Å²) in [5.41, 5.74) is 2.78. The number of carbonyl (C=O) groups excluding carboxylic acids is 2. The van der Waals surface area contributed by atoms with Crippen LogP contribution in [0.2, 0.25) is 0 Å². The van der Waals surface area contributed by atoms with E-state index in [-0.39, 0.29) is 24.1 Å². The second-order valence-electron chi connectivity index (χ2n) is 7.77. The smallest absolute Gasteiger partial charge is 0.349 e. The van der Waals surface area contributed by atoms with Crippen molar-refractivity contribution in [2.75, 3.05) is 6.61 Å². The molecule has 1 aromatic rings. The third-order valence-electron chi connectivity index (χ3n) is 4.85. The van der Waals surface area contributed by atoms with E-state index in [4.69, 9.17) is 4.74 Å². The highest BCUT2D eigenvalue weighted by molar-refractivity contribution is 5.99. The Labute approximate surface area is 161 Å². The minimum Gasteiger partial charge on any atom is -0.451 e. The molecule has 1 aliphatic carbocycles. The predicted octanol–water partition coefficient (Wildman–Crippen LogP) is 3.13. The van der Waals surface area contributed by atoms with E-state index in [0.29, 0.717) is 11.8 Å². The van der Waals surface area contributed by atoms with Crippen LogP contribution < -0.4 is 5.32 Å². The van der Waals surface area contributed by atoms with Crippen LogP contribution in [0.25, 0.3) is 6.08 Å². The van der Waals surface area contributed by atoms with Gasteiger partial charge in [-0.05, 0) is 63.2 Å². The zero-order valence-corrected chi connectivity index (χ0v) is 16.8. The number of aryl methyl sites for hydroxylation is 1. The second-order valence-corrected chi connectivity index (χ2v) is 7.77. The predicted molar refractivity (Wildman–Crippen MR) is 104 cm³/mol. The molecule has 1 saturated carbocycles.